The lowest BCUT2D eigenvalue weighted by molar-refractivity contribution is 0.312. The number of rotatable bonds is 6. The topological polar surface area (TPSA) is 55.9 Å². The number of hydrogen-bond donors (Lipinski definition) is 2. The molecule has 1 unspecified atom stereocenters. The van der Waals surface area contributed by atoms with Crippen molar-refractivity contribution in [3.05, 3.63) is 15.9 Å². The van der Waals surface area contributed by atoms with Crippen LogP contribution in [0, 0.1) is 12.8 Å². The average Bonchev–Trinajstić information content (AvgIpc) is 2.70. The Morgan fingerprint density at radius 1 is 1.40 bits per heavy atom. The van der Waals surface area contributed by atoms with Crippen molar-refractivity contribution < 1.29 is 0 Å². The van der Waals surface area contributed by atoms with Gasteiger partial charge in [0.1, 0.15) is 0 Å². The predicted molar refractivity (Wildman–Crippen MR) is 86.3 cm³/mol. The maximum absolute atomic E-state index is 5.75. The molecule has 0 aromatic carbocycles. The summed E-state index contributed by atoms with van der Waals surface area (Å²) in [5.74, 6) is 6.66. The fourth-order valence-corrected chi connectivity index (χ4v) is 3.79. The van der Waals surface area contributed by atoms with Crippen molar-refractivity contribution in [2.24, 2.45) is 18.8 Å². The molecule has 0 radical (unpaired) electrons. The molecule has 1 atom stereocenters. The lowest BCUT2D eigenvalue weighted by Crippen LogP contribution is -2.37. The number of nitrogens with zero attached hydrogens (tertiary/aromatic N) is 2. The van der Waals surface area contributed by atoms with Crippen molar-refractivity contribution in [1.29, 1.82) is 0 Å². The fraction of sp³-hybridized carbons (Fsp3) is 0.800. The van der Waals surface area contributed by atoms with Crippen LogP contribution in [-0.2, 0) is 13.5 Å². The zero-order chi connectivity index (χ0) is 14.5. The summed E-state index contributed by atoms with van der Waals surface area (Å²) in [6.07, 6.45) is 10.5. The van der Waals surface area contributed by atoms with E-state index in [9.17, 15) is 0 Å². The van der Waals surface area contributed by atoms with E-state index in [2.05, 4.69) is 26.5 Å². The third kappa shape index (κ3) is 4.06. The van der Waals surface area contributed by atoms with Crippen LogP contribution in [0.4, 0.5) is 0 Å². The Morgan fingerprint density at radius 3 is 2.65 bits per heavy atom. The van der Waals surface area contributed by atoms with Gasteiger partial charge in [-0.05, 0) is 41.6 Å². The summed E-state index contributed by atoms with van der Waals surface area (Å²) in [5.41, 5.74) is 5.27. The minimum absolute atomic E-state index is 0.336. The summed E-state index contributed by atoms with van der Waals surface area (Å²) >= 11 is 3.63. The van der Waals surface area contributed by atoms with Gasteiger partial charge in [-0.2, -0.15) is 5.10 Å². The maximum atomic E-state index is 5.75. The zero-order valence-corrected chi connectivity index (χ0v) is 14.2. The van der Waals surface area contributed by atoms with Crippen LogP contribution in [0.25, 0.3) is 0 Å². The first kappa shape index (κ1) is 16.0. The summed E-state index contributed by atoms with van der Waals surface area (Å²) in [6, 6.07) is 0.336. The zero-order valence-electron chi connectivity index (χ0n) is 12.7. The number of nitrogens with one attached hydrogen (secondary N) is 1. The van der Waals surface area contributed by atoms with E-state index >= 15 is 0 Å². The van der Waals surface area contributed by atoms with Crippen molar-refractivity contribution in [2.75, 3.05) is 0 Å². The number of aryl methyl sites for hydroxylation is 2. The van der Waals surface area contributed by atoms with Crippen LogP contribution in [0.2, 0.25) is 0 Å². The van der Waals surface area contributed by atoms with Crippen molar-refractivity contribution in [3.8, 4) is 0 Å². The normalized spacial score (nSPS) is 18.4. The molecular formula is C15H27BrN4. The number of hydrazine groups is 1. The van der Waals surface area contributed by atoms with Crippen LogP contribution in [0.3, 0.4) is 0 Å². The maximum Gasteiger partial charge on any atom is 0.0738 e. The van der Waals surface area contributed by atoms with Crippen molar-refractivity contribution >= 4 is 15.9 Å². The Labute approximate surface area is 130 Å². The smallest absolute Gasteiger partial charge is 0.0738 e. The molecule has 0 amide bonds. The lowest BCUT2D eigenvalue weighted by Gasteiger charge is -2.24. The molecule has 1 aromatic rings. The largest absolute Gasteiger partial charge is 0.271 e. The monoisotopic (exact) mass is 342 g/mol. The van der Waals surface area contributed by atoms with Crippen LogP contribution in [0.1, 0.15) is 56.3 Å². The number of hydrogen-bond acceptors (Lipinski definition) is 3. The van der Waals surface area contributed by atoms with Crippen LogP contribution in [-0.4, -0.2) is 15.8 Å². The summed E-state index contributed by atoms with van der Waals surface area (Å²) in [7, 11) is 2.00. The van der Waals surface area contributed by atoms with Crippen LogP contribution < -0.4 is 11.3 Å². The van der Waals surface area contributed by atoms with E-state index in [1.807, 2.05) is 18.7 Å². The Bertz CT molecular complexity index is 424. The first-order chi connectivity index (χ1) is 9.61. The highest BCUT2D eigenvalue weighted by molar-refractivity contribution is 9.10. The second-order valence-electron chi connectivity index (χ2n) is 6.12. The first-order valence-corrected chi connectivity index (χ1v) is 8.55. The molecule has 114 valence electrons. The van der Waals surface area contributed by atoms with Gasteiger partial charge >= 0.3 is 0 Å². The molecule has 5 heteroatoms. The van der Waals surface area contributed by atoms with Gasteiger partial charge in [0, 0.05) is 19.5 Å². The van der Waals surface area contributed by atoms with Crippen LogP contribution in [0.5, 0.6) is 0 Å². The van der Waals surface area contributed by atoms with Gasteiger partial charge in [-0.3, -0.25) is 16.0 Å². The first-order valence-electron chi connectivity index (χ1n) is 7.76. The molecule has 3 N–H and O–H groups in total. The minimum Gasteiger partial charge on any atom is -0.271 e. The molecule has 1 fully saturated rings. The summed E-state index contributed by atoms with van der Waals surface area (Å²) < 4.78 is 3.09. The molecule has 1 heterocycles. The van der Waals surface area contributed by atoms with Crippen molar-refractivity contribution in [1.82, 2.24) is 15.2 Å². The second kappa shape index (κ2) is 7.57. The molecule has 0 bridgehead atoms. The van der Waals surface area contributed by atoms with Gasteiger partial charge in [0.25, 0.3) is 0 Å². The Morgan fingerprint density at radius 2 is 2.10 bits per heavy atom. The highest BCUT2D eigenvalue weighted by atomic mass is 79.9. The van der Waals surface area contributed by atoms with Gasteiger partial charge in [-0.1, -0.05) is 32.1 Å². The van der Waals surface area contributed by atoms with Gasteiger partial charge in [0.05, 0.1) is 15.9 Å². The predicted octanol–water partition coefficient (Wildman–Crippen LogP) is 3.23. The number of aromatic nitrogens is 2. The fourth-order valence-electron chi connectivity index (χ4n) is 3.29. The van der Waals surface area contributed by atoms with Crippen molar-refractivity contribution in [2.45, 2.75) is 64.3 Å². The van der Waals surface area contributed by atoms with E-state index in [1.165, 1.54) is 44.2 Å². The number of nitrogens with two attached hydrogens (primary N) is 1. The Balaban J connectivity index is 1.88. The van der Waals surface area contributed by atoms with Gasteiger partial charge in [-0.15, -0.1) is 0 Å². The summed E-state index contributed by atoms with van der Waals surface area (Å²) in [4.78, 5) is 0. The highest BCUT2D eigenvalue weighted by Crippen LogP contribution is 2.28. The SMILES string of the molecule is Cc1nn(C)c(CC(CCC2CCCCC2)NN)c1Br. The molecule has 2 rings (SSSR count). The molecular weight excluding hydrogens is 316 g/mol. The molecule has 1 saturated carbocycles. The Hall–Kier alpha value is -0.390. The summed E-state index contributed by atoms with van der Waals surface area (Å²) in [6.45, 7) is 2.03. The van der Waals surface area contributed by atoms with E-state index in [0.29, 0.717) is 6.04 Å². The molecule has 0 spiro atoms. The van der Waals surface area contributed by atoms with E-state index in [-0.39, 0.29) is 0 Å². The second-order valence-corrected chi connectivity index (χ2v) is 6.91. The third-order valence-electron chi connectivity index (χ3n) is 4.59. The molecule has 0 saturated heterocycles. The van der Waals surface area contributed by atoms with Crippen LogP contribution >= 0.6 is 15.9 Å². The van der Waals surface area contributed by atoms with Crippen molar-refractivity contribution in [3.63, 3.8) is 0 Å². The van der Waals surface area contributed by atoms with Gasteiger partial charge in [0.2, 0.25) is 0 Å². The quantitative estimate of drug-likeness (QED) is 0.616. The molecule has 4 nitrogen and oxygen atoms in total. The van der Waals surface area contributed by atoms with E-state index in [4.69, 9.17) is 5.84 Å². The average molecular weight is 343 g/mol. The molecule has 1 aliphatic rings. The molecule has 20 heavy (non-hydrogen) atoms. The summed E-state index contributed by atoms with van der Waals surface area (Å²) in [5, 5.41) is 4.45. The van der Waals surface area contributed by atoms with E-state index in [0.717, 1.165) is 28.9 Å². The van der Waals surface area contributed by atoms with Crippen LogP contribution in [0.15, 0.2) is 4.47 Å². The highest BCUT2D eigenvalue weighted by Gasteiger charge is 2.19. The van der Waals surface area contributed by atoms with Gasteiger partial charge in [0.15, 0.2) is 0 Å². The molecule has 1 aliphatic carbocycles. The molecule has 1 aromatic heterocycles. The van der Waals surface area contributed by atoms with E-state index < -0.39 is 0 Å². The van der Waals surface area contributed by atoms with Gasteiger partial charge < -0.3 is 0 Å². The number of halogens is 1. The molecule has 0 aliphatic heterocycles. The lowest BCUT2D eigenvalue weighted by atomic mass is 9.85. The van der Waals surface area contributed by atoms with Gasteiger partial charge in [-0.25, -0.2) is 0 Å². The third-order valence-corrected chi connectivity index (χ3v) is 5.62. The standard InChI is InChI=1S/C15H27BrN4/c1-11-15(16)14(20(2)19-11)10-13(18-17)9-8-12-6-4-3-5-7-12/h12-13,18H,3-10,17H2,1-2H3. The Kier molecular flexibility index (Phi) is 6.05. The van der Waals surface area contributed by atoms with E-state index in [1.54, 1.807) is 0 Å². The minimum atomic E-state index is 0.336.